The zero-order valence-electron chi connectivity index (χ0n) is 21.5. The molecule has 0 spiro atoms. The van der Waals surface area contributed by atoms with Gasteiger partial charge in [0, 0.05) is 23.0 Å². The van der Waals surface area contributed by atoms with Crippen LogP contribution in [-0.2, 0) is 11.2 Å². The van der Waals surface area contributed by atoms with Crippen LogP contribution in [0.2, 0.25) is 0 Å². The number of fused-ring (bicyclic) bond motifs is 4. The number of hydrogen-bond acceptors (Lipinski definition) is 5. The lowest BCUT2D eigenvalue weighted by molar-refractivity contribution is 0.0522. The minimum absolute atomic E-state index is 0.339. The van der Waals surface area contributed by atoms with E-state index >= 15 is 0 Å². The first-order valence-electron chi connectivity index (χ1n) is 13.3. The van der Waals surface area contributed by atoms with Crippen LogP contribution in [0.1, 0.15) is 53.0 Å². The molecule has 5 aromatic rings. The molecule has 0 saturated carbocycles. The van der Waals surface area contributed by atoms with Crippen LogP contribution in [0.25, 0.3) is 27.3 Å². The number of benzene rings is 2. The summed E-state index contributed by atoms with van der Waals surface area (Å²) in [7, 11) is 0. The highest BCUT2D eigenvalue weighted by Crippen LogP contribution is 2.33. The van der Waals surface area contributed by atoms with Crippen LogP contribution in [0.4, 0.5) is 0 Å². The molecule has 0 amide bonds. The summed E-state index contributed by atoms with van der Waals surface area (Å²) < 4.78 is 7.17. The summed E-state index contributed by atoms with van der Waals surface area (Å²) in [6.45, 7) is 7.46. The second-order valence-electron chi connectivity index (χ2n) is 9.98. The molecule has 6 heteroatoms. The second-order valence-corrected chi connectivity index (χ2v) is 9.98. The molecule has 4 heterocycles. The third-order valence-electron chi connectivity index (χ3n) is 7.74. The number of likely N-dealkylation sites (tertiary alicyclic amines) is 1. The number of rotatable bonds is 6. The number of esters is 1. The van der Waals surface area contributed by atoms with Gasteiger partial charge in [-0.05, 0) is 87.5 Å². The Hall–Kier alpha value is -3.77. The smallest absolute Gasteiger partial charge is 0.359 e. The van der Waals surface area contributed by atoms with Crippen molar-refractivity contribution in [3.05, 3.63) is 89.5 Å². The molecule has 1 fully saturated rings. The van der Waals surface area contributed by atoms with Gasteiger partial charge in [0.15, 0.2) is 5.69 Å². The quantitative estimate of drug-likeness (QED) is 0.275. The van der Waals surface area contributed by atoms with Gasteiger partial charge in [0.05, 0.1) is 23.2 Å². The van der Waals surface area contributed by atoms with Gasteiger partial charge in [-0.15, -0.1) is 0 Å². The van der Waals surface area contributed by atoms with Crippen LogP contribution in [0.3, 0.4) is 0 Å². The number of aromatic nitrogens is 3. The summed E-state index contributed by atoms with van der Waals surface area (Å²) in [6, 6.07) is 21.5. The molecule has 1 aliphatic heterocycles. The van der Waals surface area contributed by atoms with Crippen molar-refractivity contribution in [2.24, 2.45) is 0 Å². The Morgan fingerprint density at radius 3 is 2.62 bits per heavy atom. The molecule has 6 rings (SSSR count). The SMILES string of the molecule is CCOC(=O)c1ncn2c1ccc1c(CCN3CCC(c4cccc5nc(C)ccc45)CC3)cccc12. The van der Waals surface area contributed by atoms with E-state index in [1.165, 1.54) is 34.7 Å². The van der Waals surface area contributed by atoms with Crippen LogP contribution in [0, 0.1) is 6.92 Å². The van der Waals surface area contributed by atoms with Crippen molar-refractivity contribution in [1.29, 1.82) is 0 Å². The van der Waals surface area contributed by atoms with Crippen LogP contribution < -0.4 is 0 Å². The average molecular weight is 493 g/mol. The molecular weight excluding hydrogens is 460 g/mol. The van der Waals surface area contributed by atoms with E-state index in [0.29, 0.717) is 18.2 Å². The Morgan fingerprint density at radius 1 is 0.973 bits per heavy atom. The third kappa shape index (κ3) is 4.46. The summed E-state index contributed by atoms with van der Waals surface area (Å²) >= 11 is 0. The van der Waals surface area contributed by atoms with Gasteiger partial charge < -0.3 is 9.64 Å². The lowest BCUT2D eigenvalue weighted by Crippen LogP contribution is -2.34. The molecule has 37 heavy (non-hydrogen) atoms. The maximum Gasteiger partial charge on any atom is 0.359 e. The molecule has 3 aromatic heterocycles. The first-order chi connectivity index (χ1) is 18.1. The molecule has 188 valence electrons. The van der Waals surface area contributed by atoms with E-state index in [9.17, 15) is 4.79 Å². The van der Waals surface area contributed by atoms with Crippen molar-refractivity contribution in [3.63, 3.8) is 0 Å². The fraction of sp³-hybridized carbons (Fsp3) is 0.323. The van der Waals surface area contributed by atoms with E-state index in [1.54, 1.807) is 6.33 Å². The molecular formula is C31H32N4O2. The van der Waals surface area contributed by atoms with Crippen LogP contribution in [0.15, 0.2) is 67.0 Å². The Morgan fingerprint density at radius 2 is 1.78 bits per heavy atom. The molecule has 6 nitrogen and oxygen atoms in total. The summed E-state index contributed by atoms with van der Waals surface area (Å²) in [6.07, 6.45) is 5.07. The Bertz CT molecular complexity index is 1600. The number of nitrogens with zero attached hydrogens (tertiary/aromatic N) is 4. The lowest BCUT2D eigenvalue weighted by Gasteiger charge is -2.32. The zero-order valence-corrected chi connectivity index (χ0v) is 21.5. The monoisotopic (exact) mass is 492 g/mol. The van der Waals surface area contributed by atoms with E-state index in [1.807, 2.05) is 17.4 Å². The average Bonchev–Trinajstić information content (AvgIpc) is 3.37. The number of hydrogen-bond donors (Lipinski definition) is 0. The lowest BCUT2D eigenvalue weighted by atomic mass is 9.87. The van der Waals surface area contributed by atoms with Crippen molar-refractivity contribution in [1.82, 2.24) is 19.3 Å². The molecule has 2 aromatic carbocycles. The van der Waals surface area contributed by atoms with Crippen molar-refractivity contribution in [3.8, 4) is 0 Å². The number of piperidine rings is 1. The zero-order chi connectivity index (χ0) is 25.4. The van der Waals surface area contributed by atoms with Gasteiger partial charge in [-0.3, -0.25) is 9.38 Å². The number of carbonyl (C=O) groups excluding carboxylic acids is 1. The van der Waals surface area contributed by atoms with Crippen molar-refractivity contribution >= 4 is 33.3 Å². The molecule has 0 N–H and O–H groups in total. The highest BCUT2D eigenvalue weighted by Gasteiger charge is 2.22. The molecule has 1 aliphatic rings. The Labute approximate surface area is 216 Å². The van der Waals surface area contributed by atoms with Gasteiger partial charge in [-0.1, -0.05) is 36.4 Å². The van der Waals surface area contributed by atoms with E-state index < -0.39 is 0 Å². The van der Waals surface area contributed by atoms with E-state index in [0.717, 1.165) is 48.3 Å². The predicted molar refractivity (Wildman–Crippen MR) is 147 cm³/mol. The summed E-state index contributed by atoms with van der Waals surface area (Å²) in [5.74, 6) is 0.212. The van der Waals surface area contributed by atoms with E-state index in [2.05, 4.69) is 71.4 Å². The minimum Gasteiger partial charge on any atom is -0.461 e. The number of imidazole rings is 1. The number of carbonyl (C=O) groups is 1. The summed E-state index contributed by atoms with van der Waals surface area (Å²) in [4.78, 5) is 24.0. The second kappa shape index (κ2) is 9.94. The molecule has 0 unspecified atom stereocenters. The number of aryl methyl sites for hydroxylation is 1. The van der Waals surface area contributed by atoms with Gasteiger partial charge in [0.1, 0.15) is 6.33 Å². The summed E-state index contributed by atoms with van der Waals surface area (Å²) in [5, 5.41) is 2.51. The number of ether oxygens (including phenoxy) is 1. The molecule has 0 aliphatic carbocycles. The Balaban J connectivity index is 1.15. The normalized spacial score (nSPS) is 15.1. The van der Waals surface area contributed by atoms with Gasteiger partial charge in [-0.25, -0.2) is 9.78 Å². The van der Waals surface area contributed by atoms with Gasteiger partial charge in [0.2, 0.25) is 0 Å². The fourth-order valence-electron chi connectivity index (χ4n) is 5.83. The maximum atomic E-state index is 12.3. The van der Waals surface area contributed by atoms with Gasteiger partial charge >= 0.3 is 5.97 Å². The van der Waals surface area contributed by atoms with E-state index in [4.69, 9.17) is 9.72 Å². The largest absolute Gasteiger partial charge is 0.461 e. The third-order valence-corrected chi connectivity index (χ3v) is 7.74. The number of pyridine rings is 2. The van der Waals surface area contributed by atoms with Crippen LogP contribution >= 0.6 is 0 Å². The molecule has 0 radical (unpaired) electrons. The van der Waals surface area contributed by atoms with Crippen molar-refractivity contribution in [2.75, 3.05) is 26.2 Å². The first kappa shape index (κ1) is 23.6. The highest BCUT2D eigenvalue weighted by atomic mass is 16.5. The summed E-state index contributed by atoms with van der Waals surface area (Å²) in [5.41, 5.74) is 7.17. The Kier molecular flexibility index (Phi) is 6.35. The molecule has 0 bridgehead atoms. The topological polar surface area (TPSA) is 59.7 Å². The fourth-order valence-corrected chi connectivity index (χ4v) is 5.83. The van der Waals surface area contributed by atoms with Gasteiger partial charge in [-0.2, -0.15) is 0 Å². The highest BCUT2D eigenvalue weighted by molar-refractivity contribution is 5.97. The molecule has 1 saturated heterocycles. The standard InChI is InChI=1S/C31H32N4O2/c1-3-37-31(36)30-29-13-12-25-22(6-4-9-28(25)35(29)20-32-30)14-17-34-18-15-23(16-19-34)24-7-5-8-27-26(24)11-10-21(2)33-27/h4-13,20,23H,3,14-19H2,1-2H3. The van der Waals surface area contributed by atoms with Crippen molar-refractivity contribution < 1.29 is 9.53 Å². The minimum atomic E-state index is -0.376. The van der Waals surface area contributed by atoms with Crippen LogP contribution in [0.5, 0.6) is 0 Å². The van der Waals surface area contributed by atoms with Crippen molar-refractivity contribution in [2.45, 2.75) is 39.0 Å². The van der Waals surface area contributed by atoms with Gasteiger partial charge in [0.25, 0.3) is 0 Å². The predicted octanol–water partition coefficient (Wildman–Crippen LogP) is 5.94. The molecule has 0 atom stereocenters. The first-order valence-corrected chi connectivity index (χ1v) is 13.3. The maximum absolute atomic E-state index is 12.3. The van der Waals surface area contributed by atoms with Crippen LogP contribution in [-0.4, -0.2) is 51.5 Å². The van der Waals surface area contributed by atoms with E-state index in [-0.39, 0.29) is 5.97 Å².